The number of amides is 3. The van der Waals surface area contributed by atoms with E-state index in [-0.39, 0.29) is 41.8 Å². The molecule has 31 heavy (non-hydrogen) atoms. The molecule has 1 fully saturated rings. The molecule has 1 saturated heterocycles. The van der Waals surface area contributed by atoms with E-state index < -0.39 is 0 Å². The first-order valence-corrected chi connectivity index (χ1v) is 10.4. The fourth-order valence-corrected chi connectivity index (χ4v) is 3.76. The van der Waals surface area contributed by atoms with Crippen molar-refractivity contribution in [1.82, 2.24) is 30.1 Å². The Labute approximate surface area is 181 Å². The minimum atomic E-state index is -0.383. The molecule has 0 aliphatic carbocycles. The molecule has 2 aromatic rings. The van der Waals surface area contributed by atoms with Crippen LogP contribution in [0.4, 0.5) is 0 Å². The molecule has 3 heterocycles. The van der Waals surface area contributed by atoms with Gasteiger partial charge in [-0.05, 0) is 24.5 Å². The van der Waals surface area contributed by atoms with Crippen molar-refractivity contribution in [3.63, 3.8) is 0 Å². The lowest BCUT2D eigenvalue weighted by molar-refractivity contribution is -0.140. The van der Waals surface area contributed by atoms with Crippen molar-refractivity contribution in [3.8, 4) is 0 Å². The van der Waals surface area contributed by atoms with Gasteiger partial charge in [0.2, 0.25) is 11.8 Å². The molecule has 3 rings (SSSR count). The topological polar surface area (TPSA) is 108 Å². The predicted molar refractivity (Wildman–Crippen MR) is 114 cm³/mol. The molecule has 1 aliphatic heterocycles. The molecule has 0 spiro atoms. The van der Waals surface area contributed by atoms with E-state index in [1.54, 1.807) is 36.3 Å². The second-order valence-electron chi connectivity index (χ2n) is 7.92. The number of pyridine rings is 1. The van der Waals surface area contributed by atoms with Gasteiger partial charge in [-0.15, -0.1) is 0 Å². The summed E-state index contributed by atoms with van der Waals surface area (Å²) in [6, 6.07) is 3.54. The van der Waals surface area contributed by atoms with Crippen molar-refractivity contribution < 1.29 is 14.4 Å². The maximum atomic E-state index is 13.0. The summed E-state index contributed by atoms with van der Waals surface area (Å²) in [4.78, 5) is 53.5. The number of nitrogens with zero attached hydrogens (tertiary/aromatic N) is 5. The molecule has 0 bridgehead atoms. The number of rotatable bonds is 5. The molecule has 2 aromatic heterocycles. The summed E-state index contributed by atoms with van der Waals surface area (Å²) >= 11 is 0. The van der Waals surface area contributed by atoms with E-state index in [1.807, 2.05) is 12.1 Å². The molecule has 1 aliphatic rings. The molecule has 164 valence electrons. The number of likely N-dealkylation sites (N-methyl/N-ethyl adjacent to an activating group) is 1. The van der Waals surface area contributed by atoms with Gasteiger partial charge in [0.05, 0.1) is 6.20 Å². The van der Waals surface area contributed by atoms with Crippen LogP contribution in [0.2, 0.25) is 0 Å². The van der Waals surface area contributed by atoms with Crippen LogP contribution < -0.4 is 5.32 Å². The van der Waals surface area contributed by atoms with Gasteiger partial charge in [0, 0.05) is 70.4 Å². The molecule has 9 nitrogen and oxygen atoms in total. The van der Waals surface area contributed by atoms with Crippen LogP contribution in [-0.4, -0.2) is 69.2 Å². The van der Waals surface area contributed by atoms with Gasteiger partial charge in [0.1, 0.15) is 5.69 Å². The van der Waals surface area contributed by atoms with Crippen LogP contribution in [0.1, 0.15) is 41.7 Å². The molecular weight excluding hydrogens is 396 g/mol. The Kier molecular flexibility index (Phi) is 7.64. The minimum Gasteiger partial charge on any atom is -0.346 e. The van der Waals surface area contributed by atoms with Gasteiger partial charge < -0.3 is 15.1 Å². The van der Waals surface area contributed by atoms with Crippen LogP contribution in [0, 0.1) is 5.92 Å². The second kappa shape index (κ2) is 10.6. The molecule has 1 N–H and O–H groups in total. The van der Waals surface area contributed by atoms with E-state index in [4.69, 9.17) is 0 Å². The summed E-state index contributed by atoms with van der Waals surface area (Å²) in [6.07, 6.45) is 9.95. The normalized spacial score (nSPS) is 19.7. The summed E-state index contributed by atoms with van der Waals surface area (Å²) in [7, 11) is 3.45. The first-order chi connectivity index (χ1) is 14.9. The Morgan fingerprint density at radius 2 is 2.00 bits per heavy atom. The maximum absolute atomic E-state index is 13.0. The molecule has 2 atom stereocenters. The molecule has 3 amide bonds. The van der Waals surface area contributed by atoms with E-state index in [0.717, 1.165) is 12.0 Å². The standard InChI is InChI=1S/C22H28N6O3/c1-27-15-18(26-21(30)19-13-24-9-10-25-19)7-3-6-17(11-20(27)29)22(31)28(2)14-16-5-4-8-23-12-16/h4-5,8-10,12-13,17-18H,3,6-7,11,14-15H2,1-2H3,(H,26,30). The van der Waals surface area contributed by atoms with Gasteiger partial charge in [-0.25, -0.2) is 4.98 Å². The van der Waals surface area contributed by atoms with Crippen LogP contribution in [-0.2, 0) is 16.1 Å². The number of hydrogen-bond acceptors (Lipinski definition) is 6. The molecule has 0 aromatic carbocycles. The Morgan fingerprint density at radius 1 is 1.19 bits per heavy atom. The largest absolute Gasteiger partial charge is 0.346 e. The van der Waals surface area contributed by atoms with Gasteiger partial charge in [-0.1, -0.05) is 12.5 Å². The average Bonchev–Trinajstić information content (AvgIpc) is 2.84. The van der Waals surface area contributed by atoms with Gasteiger partial charge in [0.15, 0.2) is 0 Å². The van der Waals surface area contributed by atoms with Crippen molar-refractivity contribution >= 4 is 17.7 Å². The Hall–Kier alpha value is -3.36. The highest BCUT2D eigenvalue weighted by Gasteiger charge is 2.29. The van der Waals surface area contributed by atoms with Gasteiger partial charge >= 0.3 is 0 Å². The predicted octanol–water partition coefficient (Wildman–Crippen LogP) is 1.28. The molecule has 0 radical (unpaired) electrons. The summed E-state index contributed by atoms with van der Waals surface area (Å²) in [5.41, 5.74) is 1.18. The second-order valence-corrected chi connectivity index (χ2v) is 7.92. The summed E-state index contributed by atoms with van der Waals surface area (Å²) in [5, 5.41) is 2.94. The lowest BCUT2D eigenvalue weighted by atomic mass is 9.95. The summed E-state index contributed by atoms with van der Waals surface area (Å²) in [6.45, 7) is 0.835. The monoisotopic (exact) mass is 424 g/mol. The van der Waals surface area contributed by atoms with E-state index in [9.17, 15) is 14.4 Å². The van der Waals surface area contributed by atoms with E-state index in [0.29, 0.717) is 25.9 Å². The van der Waals surface area contributed by atoms with E-state index >= 15 is 0 Å². The highest BCUT2D eigenvalue weighted by atomic mass is 16.2. The third-order valence-corrected chi connectivity index (χ3v) is 5.45. The minimum absolute atomic E-state index is 0.0485. The number of nitrogens with one attached hydrogen (secondary N) is 1. The smallest absolute Gasteiger partial charge is 0.271 e. The zero-order valence-electron chi connectivity index (χ0n) is 17.9. The lowest BCUT2D eigenvalue weighted by Crippen LogP contribution is -2.44. The van der Waals surface area contributed by atoms with Gasteiger partial charge in [0.25, 0.3) is 5.91 Å². The van der Waals surface area contributed by atoms with Crippen molar-refractivity contribution in [1.29, 1.82) is 0 Å². The number of carbonyl (C=O) groups excluding carboxylic acids is 3. The zero-order chi connectivity index (χ0) is 22.2. The Bertz CT molecular complexity index is 893. The van der Waals surface area contributed by atoms with Gasteiger partial charge in [-0.2, -0.15) is 0 Å². The molecular formula is C22H28N6O3. The number of aromatic nitrogens is 3. The fraction of sp³-hybridized carbons (Fsp3) is 0.455. The van der Waals surface area contributed by atoms with Crippen LogP contribution in [0.15, 0.2) is 43.1 Å². The molecule has 0 saturated carbocycles. The average molecular weight is 425 g/mol. The number of carbonyl (C=O) groups is 3. The van der Waals surface area contributed by atoms with Crippen LogP contribution in [0.5, 0.6) is 0 Å². The number of hydrogen-bond donors (Lipinski definition) is 1. The van der Waals surface area contributed by atoms with Crippen LogP contribution >= 0.6 is 0 Å². The first-order valence-electron chi connectivity index (χ1n) is 10.4. The first kappa shape index (κ1) is 22.3. The van der Waals surface area contributed by atoms with Crippen LogP contribution in [0.3, 0.4) is 0 Å². The molecule has 2 unspecified atom stereocenters. The van der Waals surface area contributed by atoms with Crippen molar-refractivity contribution in [2.24, 2.45) is 5.92 Å². The van der Waals surface area contributed by atoms with Crippen LogP contribution in [0.25, 0.3) is 0 Å². The van der Waals surface area contributed by atoms with Gasteiger partial charge in [-0.3, -0.25) is 24.4 Å². The fourth-order valence-electron chi connectivity index (χ4n) is 3.76. The van der Waals surface area contributed by atoms with E-state index in [1.165, 1.54) is 18.6 Å². The zero-order valence-corrected chi connectivity index (χ0v) is 17.9. The quantitative estimate of drug-likeness (QED) is 0.775. The third kappa shape index (κ3) is 6.31. The van der Waals surface area contributed by atoms with Crippen molar-refractivity contribution in [2.75, 3.05) is 20.6 Å². The van der Waals surface area contributed by atoms with Crippen molar-refractivity contribution in [2.45, 2.75) is 38.3 Å². The lowest BCUT2D eigenvalue weighted by Gasteiger charge is -2.25. The third-order valence-electron chi connectivity index (χ3n) is 5.45. The van der Waals surface area contributed by atoms with E-state index in [2.05, 4.69) is 20.3 Å². The van der Waals surface area contributed by atoms with Crippen molar-refractivity contribution in [3.05, 3.63) is 54.4 Å². The SMILES string of the molecule is CN1CC(NC(=O)c2cnccn2)CCCC(C(=O)N(C)Cc2cccnc2)CC1=O. The summed E-state index contributed by atoms with van der Waals surface area (Å²) in [5.74, 6) is -0.852. The Morgan fingerprint density at radius 3 is 2.71 bits per heavy atom. The summed E-state index contributed by atoms with van der Waals surface area (Å²) < 4.78 is 0. The Balaban J connectivity index is 1.62. The highest BCUT2D eigenvalue weighted by Crippen LogP contribution is 2.21. The highest BCUT2D eigenvalue weighted by molar-refractivity contribution is 5.92. The molecule has 9 heteroatoms. The maximum Gasteiger partial charge on any atom is 0.271 e.